The van der Waals surface area contributed by atoms with E-state index in [1.165, 1.54) is 12.0 Å². The van der Waals surface area contributed by atoms with Gasteiger partial charge in [0, 0.05) is 0 Å². The van der Waals surface area contributed by atoms with Crippen LogP contribution in [0.4, 0.5) is 0 Å². The quantitative estimate of drug-likeness (QED) is 0.844. The highest BCUT2D eigenvalue weighted by atomic mass is 16.3. The van der Waals surface area contributed by atoms with E-state index >= 15 is 0 Å². The molecule has 2 aliphatic rings. The van der Waals surface area contributed by atoms with Gasteiger partial charge in [-0.1, -0.05) is 44.0 Å². The zero-order chi connectivity index (χ0) is 14.2. The second-order valence-electron chi connectivity index (χ2n) is 6.76. The van der Waals surface area contributed by atoms with Crippen molar-refractivity contribution in [2.24, 2.45) is 5.92 Å². The van der Waals surface area contributed by atoms with Crippen molar-refractivity contribution in [3.63, 3.8) is 0 Å². The topological polar surface area (TPSA) is 44.0 Å². The Morgan fingerprint density at radius 2 is 2.05 bits per heavy atom. The lowest BCUT2D eigenvalue weighted by Gasteiger charge is -2.49. The van der Waals surface area contributed by atoms with E-state index in [9.17, 15) is 10.4 Å². The molecule has 0 bridgehead atoms. The number of aryl methyl sites for hydroxylation is 1. The summed E-state index contributed by atoms with van der Waals surface area (Å²) < 4.78 is 0. The molecule has 0 radical (unpaired) electrons. The predicted molar refractivity (Wildman–Crippen MR) is 79.3 cm³/mol. The molecule has 0 aromatic heterocycles. The number of nitrogens with zero attached hydrogens (tertiary/aromatic N) is 1. The van der Waals surface area contributed by atoms with Crippen molar-refractivity contribution in [1.82, 2.24) is 0 Å². The first-order chi connectivity index (χ1) is 9.61. The number of hydrogen-bond acceptors (Lipinski definition) is 2. The fourth-order valence-electron chi connectivity index (χ4n) is 4.45. The van der Waals surface area contributed by atoms with Crippen molar-refractivity contribution in [3.8, 4) is 6.07 Å². The van der Waals surface area contributed by atoms with Crippen molar-refractivity contribution < 1.29 is 5.11 Å². The summed E-state index contributed by atoms with van der Waals surface area (Å²) in [6, 6.07) is 10.8. The molecule has 0 aliphatic heterocycles. The molecule has 0 amide bonds. The zero-order valence-corrected chi connectivity index (χ0v) is 12.2. The molecule has 20 heavy (non-hydrogen) atoms. The van der Waals surface area contributed by atoms with Gasteiger partial charge in [-0.3, -0.25) is 0 Å². The highest BCUT2D eigenvalue weighted by Crippen LogP contribution is 2.51. The molecule has 1 aromatic rings. The highest BCUT2D eigenvalue weighted by Gasteiger charge is 2.54. The number of aliphatic hydroxyl groups is 1. The molecule has 1 saturated carbocycles. The van der Waals surface area contributed by atoms with Gasteiger partial charge in [0.25, 0.3) is 0 Å². The Kier molecular flexibility index (Phi) is 3.34. The van der Waals surface area contributed by atoms with Gasteiger partial charge in [0.1, 0.15) is 5.41 Å². The Balaban J connectivity index is 2.11. The summed E-state index contributed by atoms with van der Waals surface area (Å²) in [5.41, 5.74) is 0.796. The number of hydrogen-bond donors (Lipinski definition) is 1. The van der Waals surface area contributed by atoms with E-state index in [0.29, 0.717) is 5.92 Å². The third-order valence-corrected chi connectivity index (χ3v) is 5.43. The zero-order valence-electron chi connectivity index (χ0n) is 12.2. The monoisotopic (exact) mass is 269 g/mol. The standard InChI is InChI=1S/C18H23NO/c1-14-6-4-11-18(20,12-14)17(13-19)10-5-8-15-7-2-3-9-16(15)17/h2-3,7,9,14,20H,4-6,8,10-12H2,1H3. The van der Waals surface area contributed by atoms with Crippen LogP contribution in [0.3, 0.4) is 0 Å². The van der Waals surface area contributed by atoms with E-state index < -0.39 is 11.0 Å². The van der Waals surface area contributed by atoms with Crippen LogP contribution in [0.5, 0.6) is 0 Å². The molecule has 3 rings (SSSR count). The summed E-state index contributed by atoms with van der Waals surface area (Å²) in [6.07, 6.45) is 6.55. The van der Waals surface area contributed by atoms with Gasteiger partial charge in [-0.05, 0) is 49.1 Å². The summed E-state index contributed by atoms with van der Waals surface area (Å²) in [6.45, 7) is 2.20. The van der Waals surface area contributed by atoms with Gasteiger partial charge in [-0.25, -0.2) is 0 Å². The lowest BCUT2D eigenvalue weighted by Crippen LogP contribution is -2.54. The van der Waals surface area contributed by atoms with Crippen molar-refractivity contribution in [3.05, 3.63) is 35.4 Å². The molecule has 2 aliphatic carbocycles. The van der Waals surface area contributed by atoms with Crippen LogP contribution in [0, 0.1) is 17.2 Å². The Morgan fingerprint density at radius 3 is 2.80 bits per heavy atom. The van der Waals surface area contributed by atoms with E-state index in [4.69, 9.17) is 0 Å². The molecule has 0 heterocycles. The number of rotatable bonds is 1. The van der Waals surface area contributed by atoms with Gasteiger partial charge < -0.3 is 5.11 Å². The van der Waals surface area contributed by atoms with Crippen LogP contribution in [0.25, 0.3) is 0 Å². The fourth-order valence-corrected chi connectivity index (χ4v) is 4.45. The summed E-state index contributed by atoms with van der Waals surface area (Å²) in [4.78, 5) is 0. The average molecular weight is 269 g/mol. The Hall–Kier alpha value is -1.33. The van der Waals surface area contributed by atoms with Crippen LogP contribution in [0.2, 0.25) is 0 Å². The molecule has 2 heteroatoms. The summed E-state index contributed by atoms with van der Waals surface area (Å²) in [5, 5.41) is 21.3. The Labute approximate surface area is 121 Å². The molecular formula is C18H23NO. The molecule has 106 valence electrons. The average Bonchev–Trinajstić information content (AvgIpc) is 2.46. The van der Waals surface area contributed by atoms with E-state index in [0.717, 1.165) is 44.1 Å². The maximum atomic E-state index is 11.3. The van der Waals surface area contributed by atoms with Crippen LogP contribution in [-0.2, 0) is 11.8 Å². The Bertz CT molecular complexity index is 547. The smallest absolute Gasteiger partial charge is 0.111 e. The number of fused-ring (bicyclic) bond motifs is 1. The van der Waals surface area contributed by atoms with Crippen molar-refractivity contribution in [1.29, 1.82) is 5.26 Å². The molecule has 2 nitrogen and oxygen atoms in total. The first kappa shape index (κ1) is 13.6. The number of benzene rings is 1. The molecule has 3 atom stereocenters. The second kappa shape index (κ2) is 4.90. The van der Waals surface area contributed by atoms with E-state index in [1.54, 1.807) is 0 Å². The highest BCUT2D eigenvalue weighted by molar-refractivity contribution is 5.45. The Morgan fingerprint density at radius 1 is 1.25 bits per heavy atom. The minimum Gasteiger partial charge on any atom is -0.388 e. The maximum Gasteiger partial charge on any atom is 0.111 e. The summed E-state index contributed by atoms with van der Waals surface area (Å²) >= 11 is 0. The van der Waals surface area contributed by atoms with Gasteiger partial charge in [-0.15, -0.1) is 0 Å². The molecular weight excluding hydrogens is 246 g/mol. The van der Waals surface area contributed by atoms with Crippen molar-refractivity contribution >= 4 is 0 Å². The van der Waals surface area contributed by atoms with Gasteiger partial charge >= 0.3 is 0 Å². The molecule has 0 saturated heterocycles. The van der Waals surface area contributed by atoms with Gasteiger partial charge in [-0.2, -0.15) is 5.26 Å². The molecule has 0 spiro atoms. The summed E-state index contributed by atoms with van der Waals surface area (Å²) in [7, 11) is 0. The van der Waals surface area contributed by atoms with Gasteiger partial charge in [0.05, 0.1) is 11.7 Å². The summed E-state index contributed by atoms with van der Waals surface area (Å²) in [5.74, 6) is 0.507. The largest absolute Gasteiger partial charge is 0.388 e. The number of nitriles is 1. The van der Waals surface area contributed by atoms with E-state index in [2.05, 4.69) is 25.1 Å². The van der Waals surface area contributed by atoms with Crippen LogP contribution in [-0.4, -0.2) is 10.7 Å². The van der Waals surface area contributed by atoms with Crippen molar-refractivity contribution in [2.75, 3.05) is 0 Å². The normalized spacial score (nSPS) is 37.0. The fraction of sp³-hybridized carbons (Fsp3) is 0.611. The third-order valence-electron chi connectivity index (χ3n) is 5.43. The van der Waals surface area contributed by atoms with E-state index in [-0.39, 0.29) is 0 Å². The van der Waals surface area contributed by atoms with Crippen LogP contribution in [0.15, 0.2) is 24.3 Å². The molecule has 1 N–H and O–H groups in total. The van der Waals surface area contributed by atoms with Crippen LogP contribution < -0.4 is 0 Å². The first-order valence-electron chi connectivity index (χ1n) is 7.83. The minimum atomic E-state index is -0.851. The SMILES string of the molecule is CC1CCCC(O)(C2(C#N)CCCc3ccccc32)C1. The predicted octanol–water partition coefficient (Wildman–Crippen LogP) is 3.73. The molecule has 1 fully saturated rings. The molecule has 1 aromatic carbocycles. The van der Waals surface area contributed by atoms with E-state index in [1.807, 2.05) is 12.1 Å². The van der Waals surface area contributed by atoms with Crippen LogP contribution >= 0.6 is 0 Å². The first-order valence-corrected chi connectivity index (χ1v) is 7.83. The second-order valence-corrected chi connectivity index (χ2v) is 6.76. The van der Waals surface area contributed by atoms with Gasteiger partial charge in [0.15, 0.2) is 0 Å². The van der Waals surface area contributed by atoms with Gasteiger partial charge in [0.2, 0.25) is 0 Å². The lowest BCUT2D eigenvalue weighted by atomic mass is 9.56. The lowest BCUT2D eigenvalue weighted by molar-refractivity contribution is -0.0670. The van der Waals surface area contributed by atoms with Crippen molar-refractivity contribution in [2.45, 2.75) is 62.9 Å². The maximum absolute atomic E-state index is 11.3. The third kappa shape index (κ3) is 1.88. The van der Waals surface area contributed by atoms with Crippen LogP contribution in [0.1, 0.15) is 56.6 Å². The molecule has 3 unspecified atom stereocenters. The minimum absolute atomic E-state index is 0.507.